The molecule has 1 heterocycles. The van der Waals surface area contributed by atoms with Crippen LogP contribution in [0.1, 0.15) is 24.5 Å². The minimum atomic E-state index is 0.00194. The summed E-state index contributed by atoms with van der Waals surface area (Å²) in [6.07, 6.45) is 2.79. The Morgan fingerprint density at radius 3 is 2.41 bits per heavy atom. The summed E-state index contributed by atoms with van der Waals surface area (Å²) in [6.45, 7) is 3.22. The Hall–Kier alpha value is -2.83. The number of carbonyl (C=O) groups is 1. The van der Waals surface area contributed by atoms with Crippen LogP contribution >= 0.6 is 27.7 Å². The minimum Gasteiger partial charge on any atom is -0.489 e. The molecule has 0 N–H and O–H groups in total. The SMILES string of the molecule is CCCN1C(=O)/C(=C\c2ccc(OCc3ccc(Br)cc3)cc2)SC1=Nc1ccccc1. The van der Waals surface area contributed by atoms with Gasteiger partial charge in [0.1, 0.15) is 12.4 Å². The fourth-order valence-electron chi connectivity index (χ4n) is 3.18. The van der Waals surface area contributed by atoms with E-state index in [1.807, 2.05) is 84.9 Å². The number of thioether (sulfide) groups is 1. The summed E-state index contributed by atoms with van der Waals surface area (Å²) in [5.41, 5.74) is 2.90. The Morgan fingerprint density at radius 1 is 1.00 bits per heavy atom. The lowest BCUT2D eigenvalue weighted by Crippen LogP contribution is -2.29. The van der Waals surface area contributed by atoms with Gasteiger partial charge in [-0.3, -0.25) is 9.69 Å². The summed E-state index contributed by atoms with van der Waals surface area (Å²) in [5.74, 6) is 0.793. The monoisotopic (exact) mass is 506 g/mol. The molecule has 0 spiro atoms. The number of benzene rings is 3. The lowest BCUT2D eigenvalue weighted by atomic mass is 10.2. The highest BCUT2D eigenvalue weighted by molar-refractivity contribution is 9.10. The van der Waals surface area contributed by atoms with Crippen LogP contribution in [-0.2, 0) is 11.4 Å². The summed E-state index contributed by atoms with van der Waals surface area (Å²) in [4.78, 5) is 20.1. The molecule has 1 aliphatic rings. The Kier molecular flexibility index (Phi) is 7.45. The van der Waals surface area contributed by atoms with Gasteiger partial charge in [0, 0.05) is 11.0 Å². The second kappa shape index (κ2) is 10.7. The van der Waals surface area contributed by atoms with Gasteiger partial charge in [-0.1, -0.05) is 65.3 Å². The molecule has 6 heteroatoms. The van der Waals surface area contributed by atoms with Gasteiger partial charge in [0.2, 0.25) is 0 Å². The molecule has 0 aliphatic carbocycles. The van der Waals surface area contributed by atoms with E-state index in [2.05, 4.69) is 22.9 Å². The van der Waals surface area contributed by atoms with Crippen molar-refractivity contribution in [1.29, 1.82) is 0 Å². The van der Waals surface area contributed by atoms with Crippen LogP contribution in [-0.4, -0.2) is 22.5 Å². The highest BCUT2D eigenvalue weighted by atomic mass is 79.9. The van der Waals surface area contributed by atoms with Crippen molar-refractivity contribution in [3.05, 3.63) is 99.4 Å². The van der Waals surface area contributed by atoms with Gasteiger partial charge in [0.05, 0.1) is 10.6 Å². The molecule has 0 saturated carbocycles. The summed E-state index contributed by atoms with van der Waals surface area (Å²) < 4.78 is 6.92. The third kappa shape index (κ3) is 5.69. The first kappa shape index (κ1) is 22.4. The lowest BCUT2D eigenvalue weighted by molar-refractivity contribution is -0.122. The van der Waals surface area contributed by atoms with Gasteiger partial charge in [-0.2, -0.15) is 0 Å². The third-order valence-electron chi connectivity index (χ3n) is 4.81. The normalized spacial score (nSPS) is 16.2. The maximum Gasteiger partial charge on any atom is 0.266 e. The van der Waals surface area contributed by atoms with Crippen LogP contribution in [0.25, 0.3) is 6.08 Å². The molecule has 0 unspecified atom stereocenters. The number of amides is 1. The molecule has 1 amide bonds. The van der Waals surface area contributed by atoms with Gasteiger partial charge in [-0.25, -0.2) is 4.99 Å². The van der Waals surface area contributed by atoms with E-state index in [4.69, 9.17) is 9.73 Å². The fraction of sp³-hybridized carbons (Fsp3) is 0.154. The number of halogens is 1. The van der Waals surface area contributed by atoms with Crippen LogP contribution in [0.4, 0.5) is 5.69 Å². The molecule has 1 fully saturated rings. The quantitative estimate of drug-likeness (QED) is 0.322. The van der Waals surface area contributed by atoms with E-state index in [0.717, 1.165) is 38.6 Å². The van der Waals surface area contributed by atoms with Crippen molar-refractivity contribution in [2.24, 2.45) is 4.99 Å². The topological polar surface area (TPSA) is 41.9 Å². The van der Waals surface area contributed by atoms with E-state index in [1.54, 1.807) is 4.90 Å². The maximum absolute atomic E-state index is 13.0. The number of hydrogen-bond acceptors (Lipinski definition) is 4. The molecule has 4 rings (SSSR count). The first-order valence-electron chi connectivity index (χ1n) is 10.4. The molecule has 162 valence electrons. The third-order valence-corrected chi connectivity index (χ3v) is 6.35. The molecule has 0 radical (unpaired) electrons. The number of para-hydroxylation sites is 1. The van der Waals surface area contributed by atoms with E-state index >= 15 is 0 Å². The van der Waals surface area contributed by atoms with Gasteiger partial charge in [0.25, 0.3) is 5.91 Å². The van der Waals surface area contributed by atoms with Crippen LogP contribution in [0.15, 0.2) is 93.2 Å². The van der Waals surface area contributed by atoms with Crippen molar-refractivity contribution in [1.82, 2.24) is 4.90 Å². The van der Waals surface area contributed by atoms with E-state index in [-0.39, 0.29) is 5.91 Å². The van der Waals surface area contributed by atoms with Crippen LogP contribution in [0.5, 0.6) is 5.75 Å². The van der Waals surface area contributed by atoms with Crippen molar-refractivity contribution < 1.29 is 9.53 Å². The minimum absolute atomic E-state index is 0.00194. The van der Waals surface area contributed by atoms with Gasteiger partial charge >= 0.3 is 0 Å². The van der Waals surface area contributed by atoms with Crippen molar-refractivity contribution in [3.63, 3.8) is 0 Å². The Balaban J connectivity index is 1.47. The van der Waals surface area contributed by atoms with Gasteiger partial charge in [-0.15, -0.1) is 0 Å². The van der Waals surface area contributed by atoms with Crippen LogP contribution in [0.2, 0.25) is 0 Å². The molecular formula is C26H23BrN2O2S. The first-order valence-corrected chi connectivity index (χ1v) is 12.1. The number of rotatable bonds is 7. The van der Waals surface area contributed by atoms with Crippen LogP contribution in [0, 0.1) is 0 Å². The lowest BCUT2D eigenvalue weighted by Gasteiger charge is -2.13. The van der Waals surface area contributed by atoms with Gasteiger partial charge < -0.3 is 4.74 Å². The van der Waals surface area contributed by atoms with E-state index in [1.165, 1.54) is 11.8 Å². The Labute approximate surface area is 201 Å². The fourth-order valence-corrected chi connectivity index (χ4v) is 4.47. The van der Waals surface area contributed by atoms with Crippen molar-refractivity contribution in [2.75, 3.05) is 6.54 Å². The van der Waals surface area contributed by atoms with Gasteiger partial charge in [0.15, 0.2) is 5.17 Å². The maximum atomic E-state index is 13.0. The zero-order valence-electron chi connectivity index (χ0n) is 17.7. The number of hydrogen-bond donors (Lipinski definition) is 0. The average molecular weight is 507 g/mol. The molecule has 3 aromatic rings. The number of amidine groups is 1. The molecule has 32 heavy (non-hydrogen) atoms. The molecular weight excluding hydrogens is 484 g/mol. The zero-order valence-corrected chi connectivity index (χ0v) is 20.1. The molecule has 0 bridgehead atoms. The number of ether oxygens (including phenoxy) is 1. The predicted octanol–water partition coefficient (Wildman–Crippen LogP) is 7.04. The standard InChI is InChI=1S/C26H23BrN2O2S/c1-2-16-29-25(30)24(32-26(29)28-22-6-4-3-5-7-22)17-19-10-14-23(15-11-19)31-18-20-8-12-21(27)13-9-20/h3-15,17H,2,16,18H2,1H3/b24-17+,28-26?. The Morgan fingerprint density at radius 2 is 1.72 bits per heavy atom. The summed E-state index contributed by atoms with van der Waals surface area (Å²) in [7, 11) is 0. The summed E-state index contributed by atoms with van der Waals surface area (Å²) in [5, 5.41) is 0.726. The molecule has 0 atom stereocenters. The highest BCUT2D eigenvalue weighted by Crippen LogP contribution is 2.34. The first-order chi connectivity index (χ1) is 15.6. The van der Waals surface area contributed by atoms with Crippen molar-refractivity contribution in [3.8, 4) is 5.75 Å². The smallest absolute Gasteiger partial charge is 0.266 e. The summed E-state index contributed by atoms with van der Waals surface area (Å²) in [6, 6.07) is 25.6. The molecule has 1 aliphatic heterocycles. The number of aliphatic imine (C=N–C) groups is 1. The molecule has 1 saturated heterocycles. The second-order valence-corrected chi connectivity index (χ2v) is 9.21. The molecule has 3 aromatic carbocycles. The molecule has 4 nitrogen and oxygen atoms in total. The van der Waals surface area contributed by atoms with Crippen LogP contribution < -0.4 is 4.74 Å². The Bertz CT molecular complexity index is 1130. The van der Waals surface area contributed by atoms with Crippen molar-refractivity contribution >= 4 is 50.5 Å². The predicted molar refractivity (Wildman–Crippen MR) is 136 cm³/mol. The van der Waals surface area contributed by atoms with E-state index < -0.39 is 0 Å². The number of carbonyl (C=O) groups excluding carboxylic acids is 1. The zero-order chi connectivity index (χ0) is 22.3. The highest BCUT2D eigenvalue weighted by Gasteiger charge is 2.32. The van der Waals surface area contributed by atoms with Crippen LogP contribution in [0.3, 0.4) is 0 Å². The largest absolute Gasteiger partial charge is 0.489 e. The van der Waals surface area contributed by atoms with E-state index in [0.29, 0.717) is 18.1 Å². The van der Waals surface area contributed by atoms with E-state index in [9.17, 15) is 4.79 Å². The molecule has 0 aromatic heterocycles. The summed E-state index contributed by atoms with van der Waals surface area (Å²) >= 11 is 4.86. The number of nitrogens with zero attached hydrogens (tertiary/aromatic N) is 2. The van der Waals surface area contributed by atoms with Crippen molar-refractivity contribution in [2.45, 2.75) is 20.0 Å². The average Bonchev–Trinajstić information content (AvgIpc) is 3.09. The van der Waals surface area contributed by atoms with Gasteiger partial charge in [-0.05, 0) is 71.8 Å². The second-order valence-electron chi connectivity index (χ2n) is 7.28.